The first-order chi connectivity index (χ1) is 10.5. The molecule has 0 aliphatic rings. The van der Waals surface area contributed by atoms with Gasteiger partial charge in [-0.1, -0.05) is 18.2 Å². The lowest BCUT2D eigenvalue weighted by molar-refractivity contribution is -0.117. The molecule has 7 heteroatoms. The molecule has 0 bridgehead atoms. The summed E-state index contributed by atoms with van der Waals surface area (Å²) in [5.74, 6) is -0.321. The van der Waals surface area contributed by atoms with Gasteiger partial charge in [-0.05, 0) is 19.9 Å². The zero-order valence-electron chi connectivity index (χ0n) is 12.2. The van der Waals surface area contributed by atoms with E-state index in [0.29, 0.717) is 16.2 Å². The summed E-state index contributed by atoms with van der Waals surface area (Å²) in [5, 5.41) is 8.78. The van der Waals surface area contributed by atoms with Gasteiger partial charge in [-0.2, -0.15) is 5.10 Å². The summed E-state index contributed by atoms with van der Waals surface area (Å²) in [4.78, 5) is 29.5. The first kappa shape index (κ1) is 14.4. The molecule has 0 fully saturated rings. The van der Waals surface area contributed by atoms with E-state index in [1.54, 1.807) is 18.3 Å². The molecule has 0 unspecified atom stereocenters. The highest BCUT2D eigenvalue weighted by Gasteiger charge is 2.11. The van der Waals surface area contributed by atoms with Crippen LogP contribution < -0.4 is 10.9 Å². The van der Waals surface area contributed by atoms with Crippen LogP contribution in [0.5, 0.6) is 0 Å². The summed E-state index contributed by atoms with van der Waals surface area (Å²) in [6.45, 7) is 3.59. The van der Waals surface area contributed by atoms with Crippen LogP contribution in [-0.2, 0) is 11.3 Å². The number of anilines is 1. The van der Waals surface area contributed by atoms with E-state index in [1.165, 1.54) is 16.0 Å². The SMILES string of the molecule is Cc1cnc(NC(=O)Cn2nc(C)c3ccccc3c2=O)s1. The largest absolute Gasteiger partial charge is 0.300 e. The Hall–Kier alpha value is -2.54. The topological polar surface area (TPSA) is 76.9 Å². The van der Waals surface area contributed by atoms with Gasteiger partial charge in [-0.15, -0.1) is 11.3 Å². The zero-order valence-corrected chi connectivity index (χ0v) is 13.0. The molecule has 1 aromatic carbocycles. The highest BCUT2D eigenvalue weighted by atomic mass is 32.1. The Bertz CT molecular complexity index is 913. The average Bonchev–Trinajstić information content (AvgIpc) is 2.89. The number of aromatic nitrogens is 3. The highest BCUT2D eigenvalue weighted by Crippen LogP contribution is 2.16. The fraction of sp³-hybridized carbons (Fsp3) is 0.200. The average molecular weight is 314 g/mol. The molecule has 22 heavy (non-hydrogen) atoms. The maximum atomic E-state index is 12.4. The second kappa shape index (κ2) is 5.69. The van der Waals surface area contributed by atoms with Crippen molar-refractivity contribution in [1.29, 1.82) is 0 Å². The van der Waals surface area contributed by atoms with Crippen molar-refractivity contribution in [3.05, 3.63) is 51.4 Å². The third-order valence-electron chi connectivity index (χ3n) is 3.21. The van der Waals surface area contributed by atoms with Crippen molar-refractivity contribution in [3.63, 3.8) is 0 Å². The summed E-state index contributed by atoms with van der Waals surface area (Å²) in [6.07, 6.45) is 1.69. The Morgan fingerprint density at radius 2 is 2.00 bits per heavy atom. The molecule has 0 aliphatic carbocycles. The molecular weight excluding hydrogens is 300 g/mol. The molecule has 6 nitrogen and oxygen atoms in total. The number of hydrogen-bond donors (Lipinski definition) is 1. The molecule has 0 radical (unpaired) electrons. The second-order valence-electron chi connectivity index (χ2n) is 4.92. The second-order valence-corrected chi connectivity index (χ2v) is 6.15. The normalized spacial score (nSPS) is 10.8. The maximum absolute atomic E-state index is 12.4. The lowest BCUT2D eigenvalue weighted by atomic mass is 10.1. The number of rotatable bonds is 3. The van der Waals surface area contributed by atoms with E-state index in [2.05, 4.69) is 15.4 Å². The van der Waals surface area contributed by atoms with Crippen LogP contribution in [0.3, 0.4) is 0 Å². The molecular formula is C15H14N4O2S. The number of nitrogens with one attached hydrogen (secondary N) is 1. The van der Waals surface area contributed by atoms with Crippen LogP contribution >= 0.6 is 11.3 Å². The molecule has 0 atom stereocenters. The number of fused-ring (bicyclic) bond motifs is 1. The van der Waals surface area contributed by atoms with Gasteiger partial charge in [-0.3, -0.25) is 9.59 Å². The van der Waals surface area contributed by atoms with Gasteiger partial charge in [0.1, 0.15) is 6.54 Å². The molecule has 2 heterocycles. The van der Waals surface area contributed by atoms with Gasteiger partial charge in [0.15, 0.2) is 5.13 Å². The highest BCUT2D eigenvalue weighted by molar-refractivity contribution is 7.15. The minimum atomic E-state index is -0.321. The standard InChI is InChI=1S/C15H14N4O2S/c1-9-7-16-15(22-9)17-13(20)8-19-14(21)12-6-4-3-5-11(12)10(2)18-19/h3-7H,8H2,1-2H3,(H,16,17,20). The third-order valence-corrected chi connectivity index (χ3v) is 4.04. The summed E-state index contributed by atoms with van der Waals surface area (Å²) in [5.41, 5.74) is 0.444. The summed E-state index contributed by atoms with van der Waals surface area (Å²) < 4.78 is 1.19. The van der Waals surface area contributed by atoms with Crippen LogP contribution in [0.25, 0.3) is 10.8 Å². The number of benzene rings is 1. The van der Waals surface area contributed by atoms with Gasteiger partial charge >= 0.3 is 0 Å². The van der Waals surface area contributed by atoms with E-state index in [1.807, 2.05) is 26.0 Å². The van der Waals surface area contributed by atoms with Crippen molar-refractivity contribution >= 4 is 33.1 Å². The summed E-state index contributed by atoms with van der Waals surface area (Å²) in [7, 11) is 0. The Balaban J connectivity index is 1.89. The monoisotopic (exact) mass is 314 g/mol. The minimum Gasteiger partial charge on any atom is -0.300 e. The van der Waals surface area contributed by atoms with E-state index >= 15 is 0 Å². The third kappa shape index (κ3) is 2.75. The zero-order chi connectivity index (χ0) is 15.7. The van der Waals surface area contributed by atoms with E-state index in [4.69, 9.17) is 0 Å². The molecule has 3 aromatic rings. The van der Waals surface area contributed by atoms with Crippen LogP contribution in [0.15, 0.2) is 35.3 Å². The Labute approximate surface area is 130 Å². The lowest BCUT2D eigenvalue weighted by Crippen LogP contribution is -2.30. The molecule has 0 aliphatic heterocycles. The van der Waals surface area contributed by atoms with Crippen molar-refractivity contribution < 1.29 is 4.79 Å². The molecule has 0 spiro atoms. The molecule has 0 saturated carbocycles. The molecule has 0 saturated heterocycles. The fourth-order valence-electron chi connectivity index (χ4n) is 2.22. The molecule has 3 rings (SSSR count). The first-order valence-corrected chi connectivity index (χ1v) is 7.55. The number of thiazole rings is 1. The number of carbonyl (C=O) groups is 1. The minimum absolute atomic E-state index is 0.136. The molecule has 2 aromatic heterocycles. The van der Waals surface area contributed by atoms with Crippen molar-refractivity contribution in [1.82, 2.24) is 14.8 Å². The maximum Gasteiger partial charge on any atom is 0.275 e. The Morgan fingerprint density at radius 1 is 1.27 bits per heavy atom. The van der Waals surface area contributed by atoms with Crippen LogP contribution in [0.2, 0.25) is 0 Å². The predicted molar refractivity (Wildman–Crippen MR) is 86.2 cm³/mol. The van der Waals surface area contributed by atoms with Crippen LogP contribution in [-0.4, -0.2) is 20.7 Å². The van der Waals surface area contributed by atoms with Gasteiger partial charge in [0.05, 0.1) is 11.1 Å². The van der Waals surface area contributed by atoms with E-state index in [0.717, 1.165) is 10.3 Å². The van der Waals surface area contributed by atoms with Gasteiger partial charge in [0, 0.05) is 16.5 Å². The predicted octanol–water partition coefficient (Wildman–Crippen LogP) is 2.11. The number of hydrogen-bond acceptors (Lipinski definition) is 5. The van der Waals surface area contributed by atoms with Crippen LogP contribution in [0.4, 0.5) is 5.13 Å². The summed E-state index contributed by atoms with van der Waals surface area (Å²) in [6, 6.07) is 7.25. The van der Waals surface area contributed by atoms with E-state index < -0.39 is 0 Å². The van der Waals surface area contributed by atoms with Gasteiger partial charge in [0.2, 0.25) is 5.91 Å². The van der Waals surface area contributed by atoms with Crippen molar-refractivity contribution in [2.45, 2.75) is 20.4 Å². The molecule has 1 N–H and O–H groups in total. The fourth-order valence-corrected chi connectivity index (χ4v) is 2.90. The van der Waals surface area contributed by atoms with Gasteiger partial charge in [-0.25, -0.2) is 9.67 Å². The Kier molecular flexibility index (Phi) is 3.72. The van der Waals surface area contributed by atoms with Crippen LogP contribution in [0.1, 0.15) is 10.6 Å². The van der Waals surface area contributed by atoms with Crippen molar-refractivity contribution in [2.24, 2.45) is 0 Å². The number of nitrogens with zero attached hydrogens (tertiary/aromatic N) is 3. The van der Waals surface area contributed by atoms with Crippen molar-refractivity contribution in [2.75, 3.05) is 5.32 Å². The van der Waals surface area contributed by atoms with E-state index in [-0.39, 0.29) is 18.0 Å². The smallest absolute Gasteiger partial charge is 0.275 e. The van der Waals surface area contributed by atoms with Gasteiger partial charge in [0.25, 0.3) is 5.56 Å². The van der Waals surface area contributed by atoms with Crippen LogP contribution in [0, 0.1) is 13.8 Å². The van der Waals surface area contributed by atoms with E-state index in [9.17, 15) is 9.59 Å². The summed E-state index contributed by atoms with van der Waals surface area (Å²) >= 11 is 1.39. The lowest BCUT2D eigenvalue weighted by Gasteiger charge is -2.08. The van der Waals surface area contributed by atoms with Crippen molar-refractivity contribution in [3.8, 4) is 0 Å². The molecule has 112 valence electrons. The Morgan fingerprint density at radius 3 is 2.68 bits per heavy atom. The number of carbonyl (C=O) groups excluding carboxylic acids is 1. The first-order valence-electron chi connectivity index (χ1n) is 6.73. The number of amides is 1. The van der Waals surface area contributed by atoms with Gasteiger partial charge < -0.3 is 5.32 Å². The molecule has 1 amide bonds. The number of aryl methyl sites for hydroxylation is 2. The quantitative estimate of drug-likeness (QED) is 0.803.